The number of aromatic nitrogens is 2. The van der Waals surface area contributed by atoms with Gasteiger partial charge in [-0.3, -0.25) is 0 Å². The summed E-state index contributed by atoms with van der Waals surface area (Å²) in [5.41, 5.74) is 5.14. The first-order valence-electron chi connectivity index (χ1n) is 4.44. The Hall–Kier alpha value is -1.06. The summed E-state index contributed by atoms with van der Waals surface area (Å²) in [6.07, 6.45) is 0.331. The van der Waals surface area contributed by atoms with E-state index in [1.165, 1.54) is 0 Å². The lowest BCUT2D eigenvalue weighted by Crippen LogP contribution is -2.33. The Morgan fingerprint density at radius 1 is 1.62 bits per heavy atom. The molecule has 0 amide bonds. The standard InChI is InChI=1S/C7H12N4O3S2/c1-5-10-7(14-11-5)2-3-9-16(12,13)4-6(8)15/h9H,2-4H2,1H3,(H2,8,15). The van der Waals surface area contributed by atoms with E-state index in [0.717, 1.165) is 0 Å². The number of thiocarbonyl (C=S) groups is 1. The zero-order valence-electron chi connectivity index (χ0n) is 8.63. The summed E-state index contributed by atoms with van der Waals surface area (Å²) in [5, 5.41) is 3.58. The van der Waals surface area contributed by atoms with E-state index in [2.05, 4.69) is 27.1 Å². The lowest BCUT2D eigenvalue weighted by Gasteiger charge is -2.03. The number of nitrogens with two attached hydrogens (primary N) is 1. The van der Waals surface area contributed by atoms with Gasteiger partial charge in [0.1, 0.15) is 5.75 Å². The third-order valence-corrected chi connectivity index (χ3v) is 3.22. The molecule has 1 heterocycles. The molecular formula is C7H12N4O3S2. The van der Waals surface area contributed by atoms with Crippen LogP contribution in [0.3, 0.4) is 0 Å². The van der Waals surface area contributed by atoms with Crippen LogP contribution in [0.25, 0.3) is 0 Å². The molecule has 7 nitrogen and oxygen atoms in total. The van der Waals surface area contributed by atoms with E-state index in [0.29, 0.717) is 18.1 Å². The lowest BCUT2D eigenvalue weighted by atomic mass is 10.4. The Morgan fingerprint density at radius 3 is 2.81 bits per heavy atom. The molecule has 16 heavy (non-hydrogen) atoms. The zero-order chi connectivity index (χ0) is 12.2. The average Bonchev–Trinajstić information content (AvgIpc) is 2.48. The van der Waals surface area contributed by atoms with E-state index >= 15 is 0 Å². The highest BCUT2D eigenvalue weighted by atomic mass is 32.2. The quantitative estimate of drug-likeness (QED) is 0.642. The zero-order valence-corrected chi connectivity index (χ0v) is 10.3. The normalized spacial score (nSPS) is 11.6. The molecule has 0 fully saturated rings. The van der Waals surface area contributed by atoms with Crippen LogP contribution in [0.1, 0.15) is 11.7 Å². The van der Waals surface area contributed by atoms with Crippen LogP contribution < -0.4 is 10.5 Å². The molecule has 0 radical (unpaired) electrons. The largest absolute Gasteiger partial charge is 0.392 e. The summed E-state index contributed by atoms with van der Waals surface area (Å²) in [7, 11) is -3.45. The molecule has 0 unspecified atom stereocenters. The van der Waals surface area contributed by atoms with E-state index in [1.807, 2.05) is 0 Å². The van der Waals surface area contributed by atoms with Crippen molar-refractivity contribution in [3.05, 3.63) is 11.7 Å². The highest BCUT2D eigenvalue weighted by Gasteiger charge is 2.11. The van der Waals surface area contributed by atoms with Gasteiger partial charge < -0.3 is 10.3 Å². The maximum Gasteiger partial charge on any atom is 0.227 e. The number of nitrogens with zero attached hydrogens (tertiary/aromatic N) is 2. The Bertz CT molecular complexity index is 468. The summed E-state index contributed by atoms with van der Waals surface area (Å²) >= 11 is 4.51. The maximum atomic E-state index is 11.3. The first-order chi connectivity index (χ1) is 7.39. The molecule has 0 saturated heterocycles. The van der Waals surface area contributed by atoms with Gasteiger partial charge >= 0.3 is 0 Å². The molecule has 90 valence electrons. The van der Waals surface area contributed by atoms with Crippen LogP contribution in [0.2, 0.25) is 0 Å². The van der Waals surface area contributed by atoms with E-state index < -0.39 is 10.0 Å². The van der Waals surface area contributed by atoms with E-state index in [1.54, 1.807) is 6.92 Å². The van der Waals surface area contributed by atoms with Crippen LogP contribution in [0.5, 0.6) is 0 Å². The number of nitrogens with one attached hydrogen (secondary N) is 1. The minimum absolute atomic E-state index is 0.0684. The highest BCUT2D eigenvalue weighted by molar-refractivity contribution is 7.92. The predicted octanol–water partition coefficient (Wildman–Crippen LogP) is -0.874. The molecule has 0 aliphatic heterocycles. The van der Waals surface area contributed by atoms with Gasteiger partial charge in [-0.25, -0.2) is 13.1 Å². The SMILES string of the molecule is Cc1noc(CCNS(=O)(=O)CC(N)=S)n1. The molecule has 3 N–H and O–H groups in total. The molecule has 1 aromatic rings. The van der Waals surface area contributed by atoms with E-state index in [-0.39, 0.29) is 17.3 Å². The molecule has 9 heteroatoms. The topological polar surface area (TPSA) is 111 Å². The Labute approximate surface area is 98.5 Å². The van der Waals surface area contributed by atoms with Crippen LogP contribution in [-0.2, 0) is 16.4 Å². The van der Waals surface area contributed by atoms with Crippen molar-refractivity contribution in [1.82, 2.24) is 14.9 Å². The second-order valence-electron chi connectivity index (χ2n) is 3.11. The van der Waals surface area contributed by atoms with Gasteiger partial charge in [-0.1, -0.05) is 17.4 Å². The van der Waals surface area contributed by atoms with E-state index in [4.69, 9.17) is 10.3 Å². The summed E-state index contributed by atoms with van der Waals surface area (Å²) in [6.45, 7) is 1.86. The van der Waals surface area contributed by atoms with Crippen LogP contribution in [0, 0.1) is 6.92 Å². The number of sulfonamides is 1. The summed E-state index contributed by atoms with van der Waals surface area (Å²) in [5.74, 6) is 0.544. The summed E-state index contributed by atoms with van der Waals surface area (Å²) in [6, 6.07) is 0. The molecular weight excluding hydrogens is 252 g/mol. The van der Waals surface area contributed by atoms with Crippen molar-refractivity contribution in [2.75, 3.05) is 12.3 Å². The van der Waals surface area contributed by atoms with Gasteiger partial charge in [0, 0.05) is 13.0 Å². The molecule has 1 rings (SSSR count). The van der Waals surface area contributed by atoms with Crippen molar-refractivity contribution in [3.8, 4) is 0 Å². The molecule has 0 atom stereocenters. The fraction of sp³-hybridized carbons (Fsp3) is 0.571. The fourth-order valence-electron chi connectivity index (χ4n) is 0.993. The Kier molecular flexibility index (Phi) is 4.33. The number of aryl methyl sites for hydroxylation is 1. The van der Waals surface area contributed by atoms with Crippen LogP contribution >= 0.6 is 12.2 Å². The van der Waals surface area contributed by atoms with Crippen LogP contribution in [-0.4, -0.2) is 35.8 Å². The van der Waals surface area contributed by atoms with Gasteiger partial charge in [-0.2, -0.15) is 4.98 Å². The summed E-state index contributed by atoms with van der Waals surface area (Å²) < 4.78 is 29.7. The maximum absolute atomic E-state index is 11.3. The van der Waals surface area contributed by atoms with Gasteiger partial charge in [0.2, 0.25) is 15.9 Å². The second-order valence-corrected chi connectivity index (χ2v) is 5.44. The molecule has 0 saturated carbocycles. The average molecular weight is 264 g/mol. The second kappa shape index (κ2) is 5.32. The van der Waals surface area contributed by atoms with Crippen molar-refractivity contribution in [3.63, 3.8) is 0 Å². The number of rotatable bonds is 6. The van der Waals surface area contributed by atoms with Gasteiger partial charge in [-0.05, 0) is 6.92 Å². The minimum atomic E-state index is -3.45. The van der Waals surface area contributed by atoms with Gasteiger partial charge in [0.05, 0.1) is 4.99 Å². The third-order valence-electron chi connectivity index (χ3n) is 1.56. The molecule has 0 bridgehead atoms. The molecule has 0 aliphatic carbocycles. The third kappa shape index (κ3) is 4.64. The van der Waals surface area contributed by atoms with E-state index in [9.17, 15) is 8.42 Å². The molecule has 0 aliphatic rings. The Morgan fingerprint density at radius 2 is 2.31 bits per heavy atom. The number of hydrogen-bond donors (Lipinski definition) is 2. The Balaban J connectivity index is 2.38. The molecule has 0 aromatic carbocycles. The summed E-state index contributed by atoms with van der Waals surface area (Å²) in [4.78, 5) is 3.86. The lowest BCUT2D eigenvalue weighted by molar-refractivity contribution is 0.375. The molecule has 0 spiro atoms. The van der Waals surface area contributed by atoms with Gasteiger partial charge in [0.15, 0.2) is 5.82 Å². The van der Waals surface area contributed by atoms with Crippen LogP contribution in [0.4, 0.5) is 0 Å². The van der Waals surface area contributed by atoms with Crippen LogP contribution in [0.15, 0.2) is 4.52 Å². The predicted molar refractivity (Wildman–Crippen MR) is 61.3 cm³/mol. The van der Waals surface area contributed by atoms with Crippen molar-refractivity contribution in [1.29, 1.82) is 0 Å². The smallest absolute Gasteiger partial charge is 0.227 e. The minimum Gasteiger partial charge on any atom is -0.392 e. The first kappa shape index (κ1) is 13.0. The molecule has 1 aromatic heterocycles. The van der Waals surface area contributed by atoms with Crippen molar-refractivity contribution in [2.45, 2.75) is 13.3 Å². The monoisotopic (exact) mass is 264 g/mol. The number of hydrogen-bond acceptors (Lipinski definition) is 6. The van der Waals surface area contributed by atoms with Gasteiger partial charge in [0.25, 0.3) is 0 Å². The van der Waals surface area contributed by atoms with Crippen molar-refractivity contribution < 1.29 is 12.9 Å². The fourth-order valence-corrected chi connectivity index (χ4v) is 2.35. The highest BCUT2D eigenvalue weighted by Crippen LogP contribution is 1.96. The van der Waals surface area contributed by atoms with Crippen molar-refractivity contribution >= 4 is 27.2 Å². The van der Waals surface area contributed by atoms with Crippen molar-refractivity contribution in [2.24, 2.45) is 5.73 Å². The first-order valence-corrected chi connectivity index (χ1v) is 6.50. The van der Waals surface area contributed by atoms with Gasteiger partial charge in [-0.15, -0.1) is 0 Å².